The standard InChI is InChI=1S/C15H16N2O2S/c1-2-18-13-5-3-4-6-14(13)19-10-8-15-17-12(7-9-16)11-20-15/h3-6,11H,2,7-8,10H2,1H3. The number of nitrogens with zero attached hydrogens (tertiary/aromatic N) is 2. The minimum absolute atomic E-state index is 0.366. The van der Waals surface area contributed by atoms with Crippen LogP contribution in [0, 0.1) is 11.3 Å². The molecule has 0 aliphatic carbocycles. The molecule has 0 spiro atoms. The zero-order chi connectivity index (χ0) is 14.2. The fourth-order valence-electron chi connectivity index (χ4n) is 1.72. The van der Waals surface area contributed by atoms with E-state index in [2.05, 4.69) is 11.1 Å². The summed E-state index contributed by atoms with van der Waals surface area (Å²) in [4.78, 5) is 4.37. The highest BCUT2D eigenvalue weighted by Gasteiger charge is 2.05. The Morgan fingerprint density at radius 3 is 2.70 bits per heavy atom. The molecule has 0 aliphatic rings. The molecule has 2 rings (SSSR count). The van der Waals surface area contributed by atoms with Crippen molar-refractivity contribution in [1.29, 1.82) is 5.26 Å². The van der Waals surface area contributed by atoms with Crippen LogP contribution in [0.4, 0.5) is 0 Å². The predicted molar refractivity (Wildman–Crippen MR) is 78.2 cm³/mol. The highest BCUT2D eigenvalue weighted by atomic mass is 32.1. The van der Waals surface area contributed by atoms with E-state index in [9.17, 15) is 0 Å². The molecule has 0 fully saturated rings. The number of benzene rings is 1. The Labute approximate surface area is 122 Å². The van der Waals surface area contributed by atoms with E-state index in [4.69, 9.17) is 14.7 Å². The molecule has 0 aliphatic heterocycles. The van der Waals surface area contributed by atoms with Gasteiger partial charge in [0.15, 0.2) is 11.5 Å². The van der Waals surface area contributed by atoms with Crippen LogP contribution in [0.5, 0.6) is 11.5 Å². The highest BCUT2D eigenvalue weighted by molar-refractivity contribution is 7.09. The molecule has 0 radical (unpaired) electrons. The van der Waals surface area contributed by atoms with E-state index in [1.807, 2.05) is 36.6 Å². The van der Waals surface area contributed by atoms with E-state index >= 15 is 0 Å². The molecule has 20 heavy (non-hydrogen) atoms. The van der Waals surface area contributed by atoms with Gasteiger partial charge in [-0.2, -0.15) is 5.26 Å². The van der Waals surface area contributed by atoms with Crippen LogP contribution >= 0.6 is 11.3 Å². The van der Waals surface area contributed by atoms with Gasteiger partial charge in [0.05, 0.1) is 36.4 Å². The maximum Gasteiger partial charge on any atom is 0.161 e. The van der Waals surface area contributed by atoms with Crippen LogP contribution in [-0.4, -0.2) is 18.2 Å². The van der Waals surface area contributed by atoms with Crippen molar-refractivity contribution in [3.05, 3.63) is 40.3 Å². The zero-order valence-electron chi connectivity index (χ0n) is 11.3. The zero-order valence-corrected chi connectivity index (χ0v) is 12.2. The second kappa shape index (κ2) is 7.51. The van der Waals surface area contributed by atoms with Crippen LogP contribution in [0.15, 0.2) is 29.6 Å². The third-order valence-electron chi connectivity index (χ3n) is 2.58. The Morgan fingerprint density at radius 1 is 1.25 bits per heavy atom. The van der Waals surface area contributed by atoms with E-state index in [0.29, 0.717) is 19.6 Å². The fraction of sp³-hybridized carbons (Fsp3) is 0.333. The summed E-state index contributed by atoms with van der Waals surface area (Å²) in [5, 5.41) is 11.5. The van der Waals surface area contributed by atoms with E-state index in [0.717, 1.165) is 28.6 Å². The van der Waals surface area contributed by atoms with Gasteiger partial charge in [-0.1, -0.05) is 12.1 Å². The van der Waals surface area contributed by atoms with Crippen LogP contribution in [0.3, 0.4) is 0 Å². The summed E-state index contributed by atoms with van der Waals surface area (Å²) >= 11 is 1.57. The number of aromatic nitrogens is 1. The van der Waals surface area contributed by atoms with Crippen molar-refractivity contribution in [2.75, 3.05) is 13.2 Å². The summed E-state index contributed by atoms with van der Waals surface area (Å²) < 4.78 is 11.2. The molecule has 1 heterocycles. The molecular weight excluding hydrogens is 272 g/mol. The normalized spacial score (nSPS) is 10.0. The fourth-order valence-corrected chi connectivity index (χ4v) is 2.50. The SMILES string of the molecule is CCOc1ccccc1OCCc1nc(CC#N)cs1. The lowest BCUT2D eigenvalue weighted by Gasteiger charge is -2.10. The van der Waals surface area contributed by atoms with E-state index in [-0.39, 0.29) is 0 Å². The van der Waals surface area contributed by atoms with E-state index in [1.165, 1.54) is 0 Å². The lowest BCUT2D eigenvalue weighted by Crippen LogP contribution is -2.03. The topological polar surface area (TPSA) is 55.1 Å². The number of hydrogen-bond donors (Lipinski definition) is 0. The number of ether oxygens (including phenoxy) is 2. The van der Waals surface area contributed by atoms with Crippen molar-refractivity contribution in [2.24, 2.45) is 0 Å². The maximum absolute atomic E-state index is 8.61. The van der Waals surface area contributed by atoms with Gasteiger partial charge in [0.25, 0.3) is 0 Å². The molecule has 1 aromatic heterocycles. The second-order valence-corrected chi connectivity index (χ2v) is 4.99. The van der Waals surface area contributed by atoms with Gasteiger partial charge < -0.3 is 9.47 Å². The van der Waals surface area contributed by atoms with Crippen molar-refractivity contribution in [3.63, 3.8) is 0 Å². The molecule has 1 aromatic carbocycles. The molecule has 0 N–H and O–H groups in total. The smallest absolute Gasteiger partial charge is 0.161 e. The van der Waals surface area contributed by atoms with Gasteiger partial charge in [0.2, 0.25) is 0 Å². The van der Waals surface area contributed by atoms with Crippen LogP contribution in [0.25, 0.3) is 0 Å². The number of hydrogen-bond acceptors (Lipinski definition) is 5. The van der Waals surface area contributed by atoms with Gasteiger partial charge in [-0.25, -0.2) is 4.98 Å². The predicted octanol–water partition coefficient (Wildman–Crippen LogP) is 3.23. The number of rotatable bonds is 7. The number of nitriles is 1. The summed E-state index contributed by atoms with van der Waals surface area (Å²) in [6.45, 7) is 3.11. The van der Waals surface area contributed by atoms with Crippen molar-refractivity contribution >= 4 is 11.3 Å². The summed E-state index contributed by atoms with van der Waals surface area (Å²) in [6.07, 6.45) is 1.10. The van der Waals surface area contributed by atoms with Gasteiger partial charge in [-0.15, -0.1) is 11.3 Å². The minimum Gasteiger partial charge on any atom is -0.490 e. The monoisotopic (exact) mass is 288 g/mol. The van der Waals surface area contributed by atoms with Crippen LogP contribution in [0.2, 0.25) is 0 Å². The average Bonchev–Trinajstić information content (AvgIpc) is 2.89. The molecular formula is C15H16N2O2S. The Balaban J connectivity index is 1.87. The van der Waals surface area contributed by atoms with Crippen LogP contribution in [0.1, 0.15) is 17.6 Å². The second-order valence-electron chi connectivity index (χ2n) is 4.05. The van der Waals surface area contributed by atoms with Crippen LogP contribution in [-0.2, 0) is 12.8 Å². The Hall–Kier alpha value is -2.06. The third-order valence-corrected chi connectivity index (χ3v) is 3.54. The summed E-state index contributed by atoms with van der Waals surface area (Å²) in [7, 11) is 0. The molecule has 104 valence electrons. The maximum atomic E-state index is 8.61. The molecule has 0 saturated heterocycles. The summed E-state index contributed by atoms with van der Waals surface area (Å²) in [5.41, 5.74) is 0.835. The van der Waals surface area contributed by atoms with Gasteiger partial charge >= 0.3 is 0 Å². The number of thiazole rings is 1. The molecule has 0 unspecified atom stereocenters. The van der Waals surface area contributed by atoms with E-state index in [1.54, 1.807) is 11.3 Å². The third kappa shape index (κ3) is 3.97. The van der Waals surface area contributed by atoms with Crippen molar-refractivity contribution < 1.29 is 9.47 Å². The first-order chi connectivity index (χ1) is 9.83. The van der Waals surface area contributed by atoms with Crippen molar-refractivity contribution in [2.45, 2.75) is 19.8 Å². The molecule has 5 heteroatoms. The van der Waals surface area contributed by atoms with Gasteiger partial charge in [-0.05, 0) is 19.1 Å². The van der Waals surface area contributed by atoms with Gasteiger partial charge in [-0.3, -0.25) is 0 Å². The Bertz CT molecular complexity index is 590. The first kappa shape index (κ1) is 14.4. The minimum atomic E-state index is 0.366. The van der Waals surface area contributed by atoms with Crippen molar-refractivity contribution in [1.82, 2.24) is 4.98 Å². The average molecular weight is 288 g/mol. The van der Waals surface area contributed by atoms with E-state index < -0.39 is 0 Å². The Morgan fingerprint density at radius 2 is 2.00 bits per heavy atom. The molecule has 4 nitrogen and oxygen atoms in total. The molecule has 2 aromatic rings. The van der Waals surface area contributed by atoms with Gasteiger partial charge in [0.1, 0.15) is 0 Å². The van der Waals surface area contributed by atoms with Crippen LogP contribution < -0.4 is 9.47 Å². The first-order valence-corrected chi connectivity index (χ1v) is 7.36. The molecule has 0 saturated carbocycles. The lowest BCUT2D eigenvalue weighted by atomic mass is 10.3. The molecule has 0 atom stereocenters. The largest absolute Gasteiger partial charge is 0.490 e. The first-order valence-electron chi connectivity index (χ1n) is 6.48. The lowest BCUT2D eigenvalue weighted by molar-refractivity contribution is 0.279. The number of para-hydroxylation sites is 2. The molecule has 0 amide bonds. The summed E-state index contributed by atoms with van der Waals surface area (Å²) in [6, 6.07) is 9.74. The van der Waals surface area contributed by atoms with Gasteiger partial charge in [0, 0.05) is 11.8 Å². The quantitative estimate of drug-likeness (QED) is 0.785. The summed E-state index contributed by atoms with van der Waals surface area (Å²) in [5.74, 6) is 1.52. The van der Waals surface area contributed by atoms with Crippen molar-refractivity contribution in [3.8, 4) is 17.6 Å². The highest BCUT2D eigenvalue weighted by Crippen LogP contribution is 2.26. The Kier molecular flexibility index (Phi) is 5.39. The molecule has 0 bridgehead atoms.